The van der Waals surface area contributed by atoms with Gasteiger partial charge in [0, 0.05) is 12.5 Å². The standard InChI is InChI=1S/C17H25NO/c1-5-18-16(14-8-11(14)2)12-6-7-15-13(9-12)10-17(3,4)19-15/h6-7,9,11,14,16,18H,5,8,10H2,1-4H3. The van der Waals surface area contributed by atoms with Crippen molar-refractivity contribution in [1.29, 1.82) is 0 Å². The van der Waals surface area contributed by atoms with E-state index in [9.17, 15) is 0 Å². The van der Waals surface area contributed by atoms with E-state index in [4.69, 9.17) is 4.74 Å². The van der Waals surface area contributed by atoms with Gasteiger partial charge < -0.3 is 10.1 Å². The second kappa shape index (κ2) is 4.52. The predicted molar refractivity (Wildman–Crippen MR) is 78.5 cm³/mol. The summed E-state index contributed by atoms with van der Waals surface area (Å²) in [6, 6.07) is 7.30. The summed E-state index contributed by atoms with van der Waals surface area (Å²) in [4.78, 5) is 0. The van der Waals surface area contributed by atoms with Crippen molar-refractivity contribution in [3.8, 4) is 5.75 Å². The first-order valence-corrected chi connectivity index (χ1v) is 7.55. The number of ether oxygens (including phenoxy) is 1. The largest absolute Gasteiger partial charge is 0.487 e. The molecule has 1 aromatic rings. The molecule has 2 nitrogen and oxygen atoms in total. The topological polar surface area (TPSA) is 21.3 Å². The van der Waals surface area contributed by atoms with Crippen molar-refractivity contribution in [3.63, 3.8) is 0 Å². The first kappa shape index (κ1) is 13.0. The third kappa shape index (κ3) is 2.51. The summed E-state index contributed by atoms with van der Waals surface area (Å²) in [5.41, 5.74) is 2.77. The first-order valence-electron chi connectivity index (χ1n) is 7.55. The molecule has 1 aromatic carbocycles. The van der Waals surface area contributed by atoms with Crippen LogP contribution in [0.2, 0.25) is 0 Å². The molecular weight excluding hydrogens is 234 g/mol. The summed E-state index contributed by atoms with van der Waals surface area (Å²) < 4.78 is 5.97. The van der Waals surface area contributed by atoms with Crippen LogP contribution in [0, 0.1) is 11.8 Å². The van der Waals surface area contributed by atoms with Gasteiger partial charge in [-0.25, -0.2) is 0 Å². The summed E-state index contributed by atoms with van der Waals surface area (Å²) in [5, 5.41) is 3.66. The van der Waals surface area contributed by atoms with Crippen LogP contribution in [0.15, 0.2) is 18.2 Å². The van der Waals surface area contributed by atoms with Gasteiger partial charge in [0.1, 0.15) is 11.4 Å². The molecule has 104 valence electrons. The van der Waals surface area contributed by atoms with E-state index in [0.29, 0.717) is 6.04 Å². The minimum Gasteiger partial charge on any atom is -0.487 e. The molecule has 0 amide bonds. The number of hydrogen-bond donors (Lipinski definition) is 1. The van der Waals surface area contributed by atoms with Gasteiger partial charge in [-0.3, -0.25) is 0 Å². The number of nitrogens with one attached hydrogen (secondary N) is 1. The van der Waals surface area contributed by atoms with Gasteiger partial charge in [0.05, 0.1) is 0 Å². The fourth-order valence-corrected chi connectivity index (χ4v) is 3.37. The molecule has 2 heteroatoms. The van der Waals surface area contributed by atoms with Crippen LogP contribution in [0.1, 0.15) is 51.3 Å². The quantitative estimate of drug-likeness (QED) is 0.890. The van der Waals surface area contributed by atoms with Crippen molar-refractivity contribution < 1.29 is 4.74 Å². The molecule has 1 fully saturated rings. The minimum absolute atomic E-state index is 0.0402. The molecule has 3 rings (SSSR count). The number of rotatable bonds is 4. The zero-order valence-electron chi connectivity index (χ0n) is 12.5. The maximum absolute atomic E-state index is 5.97. The molecular formula is C17H25NO. The van der Waals surface area contributed by atoms with Crippen molar-refractivity contribution in [2.45, 2.75) is 52.2 Å². The average Bonchev–Trinajstić information content (AvgIpc) is 2.95. The molecule has 0 aromatic heterocycles. The van der Waals surface area contributed by atoms with E-state index >= 15 is 0 Å². The van der Waals surface area contributed by atoms with E-state index in [-0.39, 0.29) is 5.60 Å². The van der Waals surface area contributed by atoms with Crippen LogP contribution >= 0.6 is 0 Å². The smallest absolute Gasteiger partial charge is 0.123 e. The maximum Gasteiger partial charge on any atom is 0.123 e. The highest BCUT2D eigenvalue weighted by Crippen LogP contribution is 2.48. The Morgan fingerprint density at radius 1 is 1.42 bits per heavy atom. The van der Waals surface area contributed by atoms with Crippen molar-refractivity contribution in [1.82, 2.24) is 5.32 Å². The lowest BCUT2D eigenvalue weighted by Crippen LogP contribution is -2.24. The third-order valence-electron chi connectivity index (χ3n) is 4.47. The van der Waals surface area contributed by atoms with Gasteiger partial charge in [-0.05, 0) is 55.8 Å². The Bertz CT molecular complexity index is 480. The molecule has 3 atom stereocenters. The molecule has 0 bridgehead atoms. The van der Waals surface area contributed by atoms with Crippen LogP contribution in [-0.4, -0.2) is 12.1 Å². The molecule has 1 aliphatic carbocycles. The van der Waals surface area contributed by atoms with Crippen LogP contribution in [-0.2, 0) is 6.42 Å². The Labute approximate surface area is 116 Å². The van der Waals surface area contributed by atoms with Crippen LogP contribution in [0.5, 0.6) is 5.75 Å². The summed E-state index contributed by atoms with van der Waals surface area (Å²) in [6.45, 7) is 9.91. The van der Waals surface area contributed by atoms with Crippen molar-refractivity contribution in [2.75, 3.05) is 6.54 Å². The minimum atomic E-state index is -0.0402. The van der Waals surface area contributed by atoms with Gasteiger partial charge in [-0.2, -0.15) is 0 Å². The fourth-order valence-electron chi connectivity index (χ4n) is 3.37. The van der Waals surface area contributed by atoms with E-state index in [1.54, 1.807) is 0 Å². The van der Waals surface area contributed by atoms with Crippen molar-refractivity contribution in [3.05, 3.63) is 29.3 Å². The van der Waals surface area contributed by atoms with Crippen LogP contribution < -0.4 is 10.1 Å². The van der Waals surface area contributed by atoms with Crippen molar-refractivity contribution in [2.24, 2.45) is 11.8 Å². The molecule has 19 heavy (non-hydrogen) atoms. The van der Waals surface area contributed by atoms with Crippen LogP contribution in [0.3, 0.4) is 0 Å². The summed E-state index contributed by atoms with van der Waals surface area (Å²) in [7, 11) is 0. The van der Waals surface area contributed by atoms with E-state index < -0.39 is 0 Å². The number of hydrogen-bond acceptors (Lipinski definition) is 2. The average molecular weight is 259 g/mol. The first-order chi connectivity index (χ1) is 9.00. The van der Waals surface area contributed by atoms with E-state index in [1.807, 2.05) is 0 Å². The molecule has 0 saturated heterocycles. The predicted octanol–water partition coefficient (Wildman–Crippen LogP) is 3.71. The molecule has 2 aliphatic rings. The van der Waals surface area contributed by atoms with Crippen LogP contribution in [0.25, 0.3) is 0 Å². The van der Waals surface area contributed by atoms with Gasteiger partial charge in [0.25, 0.3) is 0 Å². The molecule has 1 aliphatic heterocycles. The van der Waals surface area contributed by atoms with Gasteiger partial charge in [0.2, 0.25) is 0 Å². The molecule has 3 unspecified atom stereocenters. The zero-order chi connectivity index (χ0) is 13.6. The molecule has 1 N–H and O–H groups in total. The Hall–Kier alpha value is -1.02. The molecule has 1 saturated carbocycles. The van der Waals surface area contributed by atoms with Gasteiger partial charge in [-0.15, -0.1) is 0 Å². The lowest BCUT2D eigenvalue weighted by atomic mass is 9.95. The zero-order valence-corrected chi connectivity index (χ0v) is 12.5. The Morgan fingerprint density at radius 2 is 2.16 bits per heavy atom. The van der Waals surface area contributed by atoms with Gasteiger partial charge >= 0.3 is 0 Å². The fraction of sp³-hybridized carbons (Fsp3) is 0.647. The second-order valence-corrected chi connectivity index (χ2v) is 6.82. The maximum atomic E-state index is 5.97. The van der Waals surface area contributed by atoms with Crippen LogP contribution in [0.4, 0.5) is 0 Å². The van der Waals surface area contributed by atoms with E-state index in [0.717, 1.165) is 30.6 Å². The summed E-state index contributed by atoms with van der Waals surface area (Å²) >= 11 is 0. The van der Waals surface area contributed by atoms with Gasteiger partial charge in [-0.1, -0.05) is 26.0 Å². The van der Waals surface area contributed by atoms with E-state index in [2.05, 4.69) is 51.2 Å². The summed E-state index contributed by atoms with van der Waals surface area (Å²) in [5.74, 6) is 2.76. The normalized spacial score (nSPS) is 28.6. The van der Waals surface area contributed by atoms with Gasteiger partial charge in [0.15, 0.2) is 0 Å². The monoisotopic (exact) mass is 259 g/mol. The number of benzene rings is 1. The SMILES string of the molecule is CCNC(c1ccc2c(c1)CC(C)(C)O2)C1CC1C. The highest BCUT2D eigenvalue weighted by molar-refractivity contribution is 5.43. The number of fused-ring (bicyclic) bond motifs is 1. The second-order valence-electron chi connectivity index (χ2n) is 6.82. The lowest BCUT2D eigenvalue weighted by Gasteiger charge is -2.19. The highest BCUT2D eigenvalue weighted by atomic mass is 16.5. The lowest BCUT2D eigenvalue weighted by molar-refractivity contribution is 0.138. The Balaban J connectivity index is 1.85. The highest BCUT2D eigenvalue weighted by Gasteiger charge is 2.40. The third-order valence-corrected chi connectivity index (χ3v) is 4.47. The van der Waals surface area contributed by atoms with Crippen molar-refractivity contribution >= 4 is 0 Å². The molecule has 0 radical (unpaired) electrons. The Kier molecular flexibility index (Phi) is 3.09. The molecule has 0 spiro atoms. The summed E-state index contributed by atoms with van der Waals surface area (Å²) in [6.07, 6.45) is 2.38. The Morgan fingerprint density at radius 3 is 2.79 bits per heavy atom. The van der Waals surface area contributed by atoms with E-state index in [1.165, 1.54) is 17.5 Å². The molecule has 1 heterocycles.